The largest absolute Gasteiger partial charge is 0.389 e. The molecule has 1 aliphatic carbocycles. The van der Waals surface area contributed by atoms with Crippen LogP contribution >= 0.6 is 12.2 Å². The van der Waals surface area contributed by atoms with Gasteiger partial charge in [-0.1, -0.05) is 55.7 Å². The summed E-state index contributed by atoms with van der Waals surface area (Å²) in [4.78, 5) is 12.5. The zero-order valence-corrected chi connectivity index (χ0v) is 12.8. The second-order valence-corrected chi connectivity index (χ2v) is 6.35. The fraction of sp³-hybridized carbons (Fsp3) is 0.500. The summed E-state index contributed by atoms with van der Waals surface area (Å²) in [6.07, 6.45) is 6.27. The lowest BCUT2D eigenvalue weighted by atomic mass is 9.83. The summed E-state index contributed by atoms with van der Waals surface area (Å²) < 4.78 is 0. The lowest BCUT2D eigenvalue weighted by molar-refractivity contribution is -0.122. The number of carbonyl (C=O) groups is 1. The van der Waals surface area contributed by atoms with Crippen LogP contribution in [0.4, 0.5) is 0 Å². The maximum Gasteiger partial charge on any atom is 0.224 e. The van der Waals surface area contributed by atoms with Gasteiger partial charge in [0.15, 0.2) is 0 Å². The lowest BCUT2D eigenvalue weighted by Gasteiger charge is -2.34. The first kappa shape index (κ1) is 15.0. The molecule has 3 nitrogen and oxygen atoms in total. The first-order valence-electron chi connectivity index (χ1n) is 7.18. The molecule has 0 atom stereocenters. The molecule has 1 amide bonds. The third-order valence-corrected chi connectivity index (χ3v) is 4.24. The van der Waals surface area contributed by atoms with Crippen molar-refractivity contribution in [2.75, 3.05) is 0 Å². The van der Waals surface area contributed by atoms with E-state index in [0.29, 0.717) is 11.4 Å². The molecule has 108 valence electrons. The van der Waals surface area contributed by atoms with Crippen LogP contribution in [0.5, 0.6) is 0 Å². The van der Waals surface area contributed by atoms with Crippen molar-refractivity contribution in [3.8, 4) is 0 Å². The van der Waals surface area contributed by atoms with Crippen molar-refractivity contribution in [3.05, 3.63) is 35.4 Å². The van der Waals surface area contributed by atoms with Gasteiger partial charge in [-0.2, -0.15) is 0 Å². The van der Waals surface area contributed by atoms with Gasteiger partial charge < -0.3 is 11.1 Å². The number of hydrogen-bond donors (Lipinski definition) is 2. The van der Waals surface area contributed by atoms with Crippen molar-refractivity contribution < 1.29 is 4.79 Å². The Bertz CT molecular complexity index is 490. The molecule has 1 aromatic rings. The van der Waals surface area contributed by atoms with E-state index in [1.165, 1.54) is 19.3 Å². The first-order chi connectivity index (χ1) is 9.48. The third kappa shape index (κ3) is 4.04. The van der Waals surface area contributed by atoms with Crippen molar-refractivity contribution in [2.45, 2.75) is 51.0 Å². The minimum absolute atomic E-state index is 0.0197. The zero-order chi connectivity index (χ0) is 14.6. The molecular formula is C16H22N2OS. The Morgan fingerprint density at radius 1 is 1.25 bits per heavy atom. The van der Waals surface area contributed by atoms with Gasteiger partial charge in [-0.05, 0) is 25.3 Å². The van der Waals surface area contributed by atoms with Gasteiger partial charge in [0.1, 0.15) is 4.99 Å². The molecular weight excluding hydrogens is 268 g/mol. The Hall–Kier alpha value is -1.42. The summed E-state index contributed by atoms with van der Waals surface area (Å²) >= 11 is 4.91. The van der Waals surface area contributed by atoms with E-state index in [0.717, 1.165) is 24.0 Å². The molecule has 1 aromatic carbocycles. The average molecular weight is 290 g/mol. The van der Waals surface area contributed by atoms with Gasteiger partial charge in [-0.3, -0.25) is 4.79 Å². The number of amides is 1. The SMILES string of the molecule is CC1(NC(=O)Cc2ccc(C(N)=S)cc2)CCCCC1. The minimum atomic E-state index is -0.0197. The maximum absolute atomic E-state index is 12.1. The smallest absolute Gasteiger partial charge is 0.224 e. The molecule has 0 aliphatic heterocycles. The summed E-state index contributed by atoms with van der Waals surface area (Å²) in [5.41, 5.74) is 7.36. The van der Waals surface area contributed by atoms with Crippen molar-refractivity contribution in [1.82, 2.24) is 5.32 Å². The topological polar surface area (TPSA) is 55.1 Å². The molecule has 1 aliphatic rings. The van der Waals surface area contributed by atoms with Crippen molar-refractivity contribution >= 4 is 23.1 Å². The standard InChI is InChI=1S/C16H22N2OS/c1-16(9-3-2-4-10-16)18-14(19)11-12-5-7-13(8-6-12)15(17)20/h5-8H,2-4,9-11H2,1H3,(H2,17,20)(H,18,19). The molecule has 20 heavy (non-hydrogen) atoms. The van der Waals surface area contributed by atoms with E-state index in [4.69, 9.17) is 18.0 Å². The van der Waals surface area contributed by atoms with E-state index in [-0.39, 0.29) is 11.4 Å². The van der Waals surface area contributed by atoms with E-state index < -0.39 is 0 Å². The van der Waals surface area contributed by atoms with E-state index in [2.05, 4.69) is 12.2 Å². The van der Waals surface area contributed by atoms with Gasteiger partial charge in [0, 0.05) is 11.1 Å². The van der Waals surface area contributed by atoms with Gasteiger partial charge in [-0.15, -0.1) is 0 Å². The predicted octanol–water partition coefficient (Wildman–Crippen LogP) is 2.70. The summed E-state index contributed by atoms with van der Waals surface area (Å²) in [5.74, 6) is 0.0949. The highest BCUT2D eigenvalue weighted by Crippen LogP contribution is 2.27. The monoisotopic (exact) mass is 290 g/mol. The highest BCUT2D eigenvalue weighted by atomic mass is 32.1. The van der Waals surface area contributed by atoms with Crippen LogP contribution in [-0.2, 0) is 11.2 Å². The zero-order valence-electron chi connectivity index (χ0n) is 11.9. The van der Waals surface area contributed by atoms with Gasteiger partial charge in [0.25, 0.3) is 0 Å². The van der Waals surface area contributed by atoms with E-state index in [1.807, 2.05) is 24.3 Å². The number of benzene rings is 1. The second kappa shape index (κ2) is 6.35. The van der Waals surface area contributed by atoms with Gasteiger partial charge in [0.05, 0.1) is 6.42 Å². The Morgan fingerprint density at radius 3 is 2.40 bits per heavy atom. The van der Waals surface area contributed by atoms with Crippen molar-refractivity contribution in [1.29, 1.82) is 0 Å². The van der Waals surface area contributed by atoms with Gasteiger partial charge >= 0.3 is 0 Å². The molecule has 0 bridgehead atoms. The van der Waals surface area contributed by atoms with Crippen LogP contribution in [-0.4, -0.2) is 16.4 Å². The van der Waals surface area contributed by atoms with Crippen molar-refractivity contribution in [3.63, 3.8) is 0 Å². The summed E-state index contributed by atoms with van der Waals surface area (Å²) in [5, 5.41) is 3.19. The Balaban J connectivity index is 1.92. The molecule has 0 unspecified atom stereocenters. The Morgan fingerprint density at radius 2 is 1.85 bits per heavy atom. The number of rotatable bonds is 4. The molecule has 0 heterocycles. The second-order valence-electron chi connectivity index (χ2n) is 5.91. The quantitative estimate of drug-likeness (QED) is 0.838. The molecule has 2 rings (SSSR count). The van der Waals surface area contributed by atoms with E-state index in [9.17, 15) is 4.79 Å². The lowest BCUT2D eigenvalue weighted by Crippen LogP contribution is -2.47. The maximum atomic E-state index is 12.1. The fourth-order valence-corrected chi connectivity index (χ4v) is 2.95. The molecule has 0 spiro atoms. The number of hydrogen-bond acceptors (Lipinski definition) is 2. The predicted molar refractivity (Wildman–Crippen MR) is 85.7 cm³/mol. The number of nitrogens with two attached hydrogens (primary N) is 1. The van der Waals surface area contributed by atoms with Crippen LogP contribution in [0.1, 0.15) is 50.2 Å². The normalized spacial score (nSPS) is 17.4. The summed E-state index contributed by atoms with van der Waals surface area (Å²) in [6, 6.07) is 7.56. The van der Waals surface area contributed by atoms with Crippen LogP contribution in [0.15, 0.2) is 24.3 Å². The first-order valence-corrected chi connectivity index (χ1v) is 7.59. The summed E-state index contributed by atoms with van der Waals surface area (Å²) in [7, 11) is 0. The molecule has 0 saturated heterocycles. The fourth-order valence-electron chi connectivity index (χ4n) is 2.81. The van der Waals surface area contributed by atoms with Gasteiger partial charge in [0.2, 0.25) is 5.91 Å². The highest BCUT2D eigenvalue weighted by Gasteiger charge is 2.28. The average Bonchev–Trinajstić information content (AvgIpc) is 2.39. The number of thiocarbonyl (C=S) groups is 1. The molecule has 1 fully saturated rings. The Kier molecular flexibility index (Phi) is 4.76. The van der Waals surface area contributed by atoms with Crippen LogP contribution < -0.4 is 11.1 Å². The van der Waals surface area contributed by atoms with Crippen LogP contribution in [0.25, 0.3) is 0 Å². The molecule has 3 N–H and O–H groups in total. The third-order valence-electron chi connectivity index (χ3n) is 4.00. The highest BCUT2D eigenvalue weighted by molar-refractivity contribution is 7.80. The molecule has 0 aromatic heterocycles. The summed E-state index contributed by atoms with van der Waals surface area (Å²) in [6.45, 7) is 2.15. The van der Waals surface area contributed by atoms with E-state index in [1.54, 1.807) is 0 Å². The van der Waals surface area contributed by atoms with Gasteiger partial charge in [-0.25, -0.2) is 0 Å². The minimum Gasteiger partial charge on any atom is -0.389 e. The Labute approximate surface area is 125 Å². The van der Waals surface area contributed by atoms with Crippen molar-refractivity contribution in [2.24, 2.45) is 5.73 Å². The number of carbonyl (C=O) groups excluding carboxylic acids is 1. The van der Waals surface area contributed by atoms with E-state index >= 15 is 0 Å². The van der Waals surface area contributed by atoms with Crippen LogP contribution in [0.3, 0.4) is 0 Å². The molecule has 1 saturated carbocycles. The molecule has 4 heteroatoms. The molecule has 0 radical (unpaired) electrons. The number of nitrogens with one attached hydrogen (secondary N) is 1. The van der Waals surface area contributed by atoms with Crippen LogP contribution in [0, 0.1) is 0 Å². The van der Waals surface area contributed by atoms with Crippen LogP contribution in [0.2, 0.25) is 0 Å².